The number of carbonyl (C=O) groups excluding carboxylic acids is 3. The number of hydrogen-bond donors (Lipinski definition) is 0. The van der Waals surface area contributed by atoms with Gasteiger partial charge >= 0.3 is 0 Å². The van der Waals surface area contributed by atoms with Crippen molar-refractivity contribution in [3.05, 3.63) is 18.0 Å². The molecule has 0 spiro atoms. The molecule has 1 aromatic rings. The molecule has 0 aliphatic carbocycles. The number of likely N-dealkylation sites (tertiary alicyclic amines) is 1. The van der Waals surface area contributed by atoms with Crippen LogP contribution in [0, 0.1) is 12.3 Å². The molecular weight excluding hydrogens is 282 g/mol. The van der Waals surface area contributed by atoms with E-state index in [1.54, 1.807) is 33.0 Å². The number of rotatable bonds is 4. The first kappa shape index (κ1) is 16.4. The van der Waals surface area contributed by atoms with Gasteiger partial charge in [-0.2, -0.15) is 5.10 Å². The lowest BCUT2D eigenvalue weighted by Crippen LogP contribution is -2.48. The number of aromatic nitrogens is 2. The Morgan fingerprint density at radius 3 is 2.59 bits per heavy atom. The Balaban J connectivity index is 2.19. The number of hydrogen-bond acceptors (Lipinski definition) is 4. The highest BCUT2D eigenvalue weighted by molar-refractivity contribution is 6.38. The van der Waals surface area contributed by atoms with E-state index >= 15 is 0 Å². The molecule has 120 valence electrons. The van der Waals surface area contributed by atoms with Gasteiger partial charge in [0.25, 0.3) is 11.8 Å². The fourth-order valence-corrected chi connectivity index (χ4v) is 2.54. The van der Waals surface area contributed by atoms with E-state index in [-0.39, 0.29) is 5.91 Å². The van der Waals surface area contributed by atoms with Gasteiger partial charge in [0.1, 0.15) is 6.04 Å². The molecule has 6 heteroatoms. The zero-order valence-corrected chi connectivity index (χ0v) is 13.6. The van der Waals surface area contributed by atoms with Crippen LogP contribution in [0.5, 0.6) is 0 Å². The number of nitrogens with zero attached hydrogens (tertiary/aromatic N) is 3. The SMILES string of the molecule is CCC(C)(C)C(=O)C(=O)N1CCC[C@H]1C(=O)n1ccc(C)n1. The number of amides is 1. The second-order valence-electron chi connectivity index (χ2n) is 6.46. The maximum absolute atomic E-state index is 12.5. The van der Waals surface area contributed by atoms with Gasteiger partial charge in [0.05, 0.1) is 5.69 Å². The summed E-state index contributed by atoms with van der Waals surface area (Å²) >= 11 is 0. The van der Waals surface area contributed by atoms with Gasteiger partial charge in [-0.25, -0.2) is 4.68 Å². The largest absolute Gasteiger partial charge is 0.324 e. The maximum atomic E-state index is 12.5. The standard InChI is InChI=1S/C16H23N3O3/c1-5-16(3,4)13(20)15(22)18-9-6-7-12(18)14(21)19-10-8-11(2)17-19/h8,10,12H,5-7,9H2,1-4H3/t12-/m0/s1. The second-order valence-corrected chi connectivity index (χ2v) is 6.46. The highest BCUT2D eigenvalue weighted by Crippen LogP contribution is 2.26. The molecule has 0 bridgehead atoms. The first-order valence-corrected chi connectivity index (χ1v) is 7.70. The molecule has 0 N–H and O–H groups in total. The Morgan fingerprint density at radius 1 is 1.36 bits per heavy atom. The predicted molar refractivity (Wildman–Crippen MR) is 81.4 cm³/mol. The summed E-state index contributed by atoms with van der Waals surface area (Å²) in [5.74, 6) is -1.22. The molecule has 1 amide bonds. The van der Waals surface area contributed by atoms with E-state index in [2.05, 4.69) is 5.10 Å². The third-order valence-electron chi connectivity index (χ3n) is 4.44. The molecule has 1 saturated heterocycles. The summed E-state index contributed by atoms with van der Waals surface area (Å²) in [6, 6.07) is 1.15. The minimum atomic E-state index is -0.699. The van der Waals surface area contributed by atoms with Crippen LogP contribution in [0.1, 0.15) is 50.5 Å². The van der Waals surface area contributed by atoms with Crippen LogP contribution in [-0.4, -0.2) is 44.9 Å². The number of aryl methyl sites for hydroxylation is 1. The molecule has 1 aliphatic heterocycles. The molecule has 2 heterocycles. The van der Waals surface area contributed by atoms with Crippen molar-refractivity contribution < 1.29 is 14.4 Å². The van der Waals surface area contributed by atoms with E-state index in [0.29, 0.717) is 19.4 Å². The molecule has 0 unspecified atom stereocenters. The molecule has 1 atom stereocenters. The summed E-state index contributed by atoms with van der Waals surface area (Å²) in [6.07, 6.45) is 3.48. The first-order valence-electron chi connectivity index (χ1n) is 7.70. The van der Waals surface area contributed by atoms with Gasteiger partial charge in [-0.15, -0.1) is 0 Å². The number of carbonyl (C=O) groups is 3. The quantitative estimate of drug-likeness (QED) is 0.796. The van der Waals surface area contributed by atoms with Crippen molar-refractivity contribution in [1.29, 1.82) is 0 Å². The summed E-state index contributed by atoms with van der Waals surface area (Å²) in [6.45, 7) is 7.65. The lowest BCUT2D eigenvalue weighted by atomic mass is 9.84. The van der Waals surface area contributed by atoms with Crippen molar-refractivity contribution in [1.82, 2.24) is 14.7 Å². The van der Waals surface area contributed by atoms with Crippen molar-refractivity contribution in [2.75, 3.05) is 6.54 Å². The van der Waals surface area contributed by atoms with Crippen molar-refractivity contribution in [3.8, 4) is 0 Å². The van der Waals surface area contributed by atoms with Crippen molar-refractivity contribution in [3.63, 3.8) is 0 Å². The smallest absolute Gasteiger partial charge is 0.291 e. The van der Waals surface area contributed by atoms with Crippen LogP contribution in [-0.2, 0) is 9.59 Å². The average Bonchev–Trinajstić information content (AvgIpc) is 3.13. The molecular formula is C16H23N3O3. The Hall–Kier alpha value is -1.98. The summed E-state index contributed by atoms with van der Waals surface area (Å²) in [5.41, 5.74) is 0.0441. The molecule has 1 aliphatic rings. The maximum Gasteiger partial charge on any atom is 0.291 e. The third kappa shape index (κ3) is 2.96. The molecule has 0 aromatic carbocycles. The van der Waals surface area contributed by atoms with Gasteiger partial charge < -0.3 is 4.90 Å². The van der Waals surface area contributed by atoms with E-state index < -0.39 is 23.1 Å². The fraction of sp³-hybridized carbons (Fsp3) is 0.625. The monoisotopic (exact) mass is 305 g/mol. The Labute approximate surface area is 130 Å². The van der Waals surface area contributed by atoms with E-state index in [9.17, 15) is 14.4 Å². The Kier molecular flexibility index (Phi) is 4.49. The minimum absolute atomic E-state index is 0.249. The highest BCUT2D eigenvalue weighted by Gasteiger charge is 2.41. The van der Waals surface area contributed by atoms with Gasteiger partial charge in [-0.3, -0.25) is 14.4 Å². The van der Waals surface area contributed by atoms with E-state index in [1.165, 1.54) is 9.58 Å². The highest BCUT2D eigenvalue weighted by atomic mass is 16.2. The van der Waals surface area contributed by atoms with Crippen LogP contribution in [0.15, 0.2) is 12.3 Å². The summed E-state index contributed by atoms with van der Waals surface area (Å²) in [4.78, 5) is 38.8. The second kappa shape index (κ2) is 6.02. The Morgan fingerprint density at radius 2 is 2.05 bits per heavy atom. The van der Waals surface area contributed by atoms with E-state index in [0.717, 1.165) is 12.1 Å². The van der Waals surface area contributed by atoms with Crippen molar-refractivity contribution >= 4 is 17.6 Å². The average molecular weight is 305 g/mol. The van der Waals surface area contributed by atoms with Gasteiger partial charge in [-0.05, 0) is 32.3 Å². The van der Waals surface area contributed by atoms with Crippen LogP contribution in [0.2, 0.25) is 0 Å². The molecule has 1 fully saturated rings. The van der Waals surface area contributed by atoms with E-state index in [1.807, 2.05) is 6.92 Å². The summed E-state index contributed by atoms with van der Waals surface area (Å²) in [7, 11) is 0. The predicted octanol–water partition coefficient (Wildman–Crippen LogP) is 1.83. The van der Waals surface area contributed by atoms with Crippen LogP contribution < -0.4 is 0 Å². The summed E-state index contributed by atoms with van der Waals surface area (Å²) in [5, 5.41) is 4.10. The summed E-state index contributed by atoms with van der Waals surface area (Å²) < 4.78 is 1.26. The van der Waals surface area contributed by atoms with Gasteiger partial charge in [-0.1, -0.05) is 20.8 Å². The molecule has 22 heavy (non-hydrogen) atoms. The molecule has 0 radical (unpaired) electrons. The molecule has 1 aromatic heterocycles. The number of ketones is 1. The number of Topliss-reactive ketones (excluding diaryl/α,β-unsaturated/α-hetero) is 1. The molecule has 0 saturated carbocycles. The molecule has 6 nitrogen and oxygen atoms in total. The van der Waals surface area contributed by atoms with Crippen molar-refractivity contribution in [2.24, 2.45) is 5.41 Å². The fourth-order valence-electron chi connectivity index (χ4n) is 2.54. The van der Waals surface area contributed by atoms with Crippen LogP contribution >= 0.6 is 0 Å². The minimum Gasteiger partial charge on any atom is -0.324 e. The van der Waals surface area contributed by atoms with Crippen LogP contribution in [0.25, 0.3) is 0 Å². The van der Waals surface area contributed by atoms with Crippen LogP contribution in [0.4, 0.5) is 0 Å². The van der Waals surface area contributed by atoms with Crippen LogP contribution in [0.3, 0.4) is 0 Å². The normalized spacial score (nSPS) is 18.5. The van der Waals surface area contributed by atoms with Crippen molar-refractivity contribution in [2.45, 2.75) is 53.0 Å². The van der Waals surface area contributed by atoms with Gasteiger partial charge in [0, 0.05) is 18.2 Å². The Bertz CT molecular complexity index is 604. The lowest BCUT2D eigenvalue weighted by Gasteiger charge is -2.27. The third-order valence-corrected chi connectivity index (χ3v) is 4.44. The van der Waals surface area contributed by atoms with Gasteiger partial charge in [0.2, 0.25) is 5.78 Å². The zero-order valence-electron chi connectivity index (χ0n) is 13.6. The van der Waals surface area contributed by atoms with Gasteiger partial charge in [0.15, 0.2) is 0 Å². The zero-order chi connectivity index (χ0) is 16.5. The topological polar surface area (TPSA) is 72.3 Å². The lowest BCUT2D eigenvalue weighted by molar-refractivity contribution is -0.149. The first-order chi connectivity index (χ1) is 10.3. The molecule has 2 rings (SSSR count). The van der Waals surface area contributed by atoms with E-state index in [4.69, 9.17) is 0 Å².